The maximum atomic E-state index is 11.9. The molecule has 1 aromatic carbocycles. The minimum atomic E-state index is -3.44. The van der Waals surface area contributed by atoms with Gasteiger partial charge in [0, 0.05) is 33.8 Å². The van der Waals surface area contributed by atoms with Gasteiger partial charge in [-0.05, 0) is 30.7 Å². The van der Waals surface area contributed by atoms with E-state index in [1.165, 1.54) is 18.3 Å². The number of hydrogen-bond acceptors (Lipinski definition) is 5. The first-order valence-electron chi connectivity index (χ1n) is 6.55. The zero-order valence-corrected chi connectivity index (χ0v) is 15.5. The summed E-state index contributed by atoms with van der Waals surface area (Å²) >= 11 is 13.3. The molecular weight excluding hydrogens is 379 g/mol. The van der Waals surface area contributed by atoms with Gasteiger partial charge in [0.1, 0.15) is 5.25 Å². The zero-order valence-electron chi connectivity index (χ0n) is 12.3. The fraction of sp³-hybridized carbons (Fsp3) is 0.286. The molecule has 0 saturated heterocycles. The maximum Gasteiger partial charge on any atom is 0.244 e. The van der Waals surface area contributed by atoms with Crippen molar-refractivity contribution in [2.75, 3.05) is 11.6 Å². The summed E-state index contributed by atoms with van der Waals surface area (Å²) in [6, 6.07) is 5.20. The highest BCUT2D eigenvalue weighted by Gasteiger charge is 2.24. The molecule has 1 atom stereocenters. The zero-order chi connectivity index (χ0) is 17.2. The van der Waals surface area contributed by atoms with E-state index >= 15 is 0 Å². The van der Waals surface area contributed by atoms with Crippen molar-refractivity contribution in [2.24, 2.45) is 0 Å². The molecule has 2 aromatic rings. The first-order valence-corrected chi connectivity index (χ1v) is 10.1. The van der Waals surface area contributed by atoms with Gasteiger partial charge >= 0.3 is 0 Å². The molecule has 0 aliphatic heterocycles. The van der Waals surface area contributed by atoms with Crippen LogP contribution < -0.4 is 5.32 Å². The Labute approximate surface area is 148 Å². The lowest BCUT2D eigenvalue weighted by molar-refractivity contribution is -0.115. The number of hydrogen-bond donors (Lipinski definition) is 1. The van der Waals surface area contributed by atoms with Crippen LogP contribution in [0.2, 0.25) is 10.0 Å². The molecule has 0 radical (unpaired) electrons. The molecule has 0 aliphatic carbocycles. The number of nitrogens with one attached hydrogen (secondary N) is 1. The lowest BCUT2D eigenvalue weighted by atomic mass is 10.1. The quantitative estimate of drug-likeness (QED) is 0.845. The number of carbonyl (C=O) groups excluding carboxylic acids is 1. The van der Waals surface area contributed by atoms with E-state index in [9.17, 15) is 13.2 Å². The van der Waals surface area contributed by atoms with Gasteiger partial charge in [-0.25, -0.2) is 13.4 Å². The Balaban J connectivity index is 2.09. The summed E-state index contributed by atoms with van der Waals surface area (Å²) in [5, 5.41) is 2.91. The summed E-state index contributed by atoms with van der Waals surface area (Å²) in [7, 11) is -3.44. The maximum absolute atomic E-state index is 11.9. The molecule has 0 spiro atoms. The van der Waals surface area contributed by atoms with Gasteiger partial charge in [-0.15, -0.1) is 11.3 Å². The van der Waals surface area contributed by atoms with Crippen LogP contribution in [0.3, 0.4) is 0 Å². The number of rotatable bonds is 5. The van der Waals surface area contributed by atoms with Gasteiger partial charge in [0.15, 0.2) is 15.0 Å². The van der Waals surface area contributed by atoms with Crippen LogP contribution in [0.5, 0.6) is 0 Å². The Morgan fingerprint density at radius 2 is 2.09 bits per heavy atom. The molecular formula is C14H14Cl2N2O3S2. The normalized spacial score (nSPS) is 12.9. The predicted molar refractivity (Wildman–Crippen MR) is 94.3 cm³/mol. The number of halogens is 2. The van der Waals surface area contributed by atoms with Crippen molar-refractivity contribution in [3.63, 3.8) is 0 Å². The average Bonchev–Trinajstić information content (AvgIpc) is 2.88. The molecule has 1 heterocycles. The number of carbonyl (C=O) groups is 1. The second kappa shape index (κ2) is 7.17. The molecule has 0 bridgehead atoms. The van der Waals surface area contributed by atoms with E-state index in [1.54, 1.807) is 24.4 Å². The minimum absolute atomic E-state index is 0.346. The topological polar surface area (TPSA) is 76.1 Å². The predicted octanol–water partition coefficient (Wildman–Crippen LogP) is 3.41. The first-order chi connectivity index (χ1) is 10.7. The third-order valence-electron chi connectivity index (χ3n) is 3.17. The molecule has 2 rings (SSSR count). The van der Waals surface area contributed by atoms with Crippen LogP contribution in [-0.4, -0.2) is 30.8 Å². The van der Waals surface area contributed by atoms with Gasteiger partial charge in [0.05, 0.1) is 0 Å². The highest BCUT2D eigenvalue weighted by Crippen LogP contribution is 2.27. The summed E-state index contributed by atoms with van der Waals surface area (Å²) in [6.45, 7) is 1.34. The van der Waals surface area contributed by atoms with Crippen LogP contribution in [0.1, 0.15) is 17.4 Å². The summed E-state index contributed by atoms with van der Waals surface area (Å²) in [4.78, 5) is 16.8. The highest BCUT2D eigenvalue weighted by atomic mass is 35.5. The average molecular weight is 393 g/mol. The van der Waals surface area contributed by atoms with Gasteiger partial charge in [0.25, 0.3) is 0 Å². The molecule has 0 saturated carbocycles. The number of sulfone groups is 1. The third-order valence-corrected chi connectivity index (χ3v) is 6.18. The third kappa shape index (κ3) is 4.91. The minimum Gasteiger partial charge on any atom is -0.301 e. The molecule has 5 nitrogen and oxygen atoms in total. The number of amides is 1. The second-order valence-electron chi connectivity index (χ2n) is 5.01. The lowest BCUT2D eigenvalue weighted by Crippen LogP contribution is -2.31. The van der Waals surface area contributed by atoms with Crippen LogP contribution in [0.4, 0.5) is 5.13 Å². The van der Waals surface area contributed by atoms with E-state index in [4.69, 9.17) is 23.2 Å². The van der Waals surface area contributed by atoms with E-state index in [0.29, 0.717) is 21.6 Å². The second-order valence-corrected chi connectivity index (χ2v) is 9.33. The molecule has 124 valence electrons. The molecule has 1 N–H and O–H groups in total. The summed E-state index contributed by atoms with van der Waals surface area (Å²) < 4.78 is 22.7. The van der Waals surface area contributed by atoms with Gasteiger partial charge in [-0.1, -0.05) is 23.2 Å². The number of aromatic nitrogens is 1. The number of thiazole rings is 1. The molecule has 0 aliphatic rings. The van der Waals surface area contributed by atoms with Gasteiger partial charge < -0.3 is 5.32 Å². The van der Waals surface area contributed by atoms with Crippen molar-refractivity contribution in [1.29, 1.82) is 0 Å². The number of benzene rings is 1. The standard InChI is InChI=1S/C14H14Cl2N2O3S2/c1-8(23(2,20)21)13(19)18-14-17-7-11(22-14)6-9-5-10(15)3-4-12(9)16/h3-5,7-8H,6H2,1-2H3,(H,17,18,19)/t8-/m0/s1. The highest BCUT2D eigenvalue weighted by molar-refractivity contribution is 7.92. The van der Waals surface area contributed by atoms with Gasteiger partial charge in [-0.3, -0.25) is 4.79 Å². The Hall–Kier alpha value is -1.15. The van der Waals surface area contributed by atoms with Gasteiger partial charge in [0.2, 0.25) is 5.91 Å². The smallest absolute Gasteiger partial charge is 0.244 e. The molecule has 23 heavy (non-hydrogen) atoms. The summed E-state index contributed by atoms with van der Waals surface area (Å²) in [5.74, 6) is -0.603. The van der Waals surface area contributed by atoms with Crippen molar-refractivity contribution >= 4 is 55.4 Å². The van der Waals surface area contributed by atoms with Crippen LogP contribution in [0.25, 0.3) is 0 Å². The first kappa shape index (κ1) is 18.2. The van der Waals surface area contributed by atoms with Gasteiger partial charge in [-0.2, -0.15) is 0 Å². The van der Waals surface area contributed by atoms with Crippen LogP contribution in [0, 0.1) is 0 Å². The van der Waals surface area contributed by atoms with E-state index in [1.807, 2.05) is 0 Å². The Morgan fingerprint density at radius 3 is 2.74 bits per heavy atom. The Kier molecular flexibility index (Phi) is 5.67. The van der Waals surface area contributed by atoms with Crippen molar-refractivity contribution < 1.29 is 13.2 Å². The molecule has 1 aromatic heterocycles. The molecule has 1 amide bonds. The fourth-order valence-electron chi connectivity index (χ4n) is 1.71. The SMILES string of the molecule is C[C@@H](C(=O)Nc1ncc(Cc2cc(Cl)ccc2Cl)s1)S(C)(=O)=O. The number of anilines is 1. The monoisotopic (exact) mass is 392 g/mol. The fourth-order valence-corrected chi connectivity index (χ4v) is 3.38. The van der Waals surface area contributed by atoms with Crippen molar-refractivity contribution in [3.05, 3.63) is 44.9 Å². The Morgan fingerprint density at radius 1 is 1.39 bits per heavy atom. The van der Waals surface area contributed by atoms with E-state index in [-0.39, 0.29) is 0 Å². The number of nitrogens with zero attached hydrogens (tertiary/aromatic N) is 1. The largest absolute Gasteiger partial charge is 0.301 e. The molecule has 0 fully saturated rings. The van der Waals surface area contributed by atoms with E-state index < -0.39 is 21.0 Å². The van der Waals surface area contributed by atoms with Crippen LogP contribution >= 0.6 is 34.5 Å². The molecule has 0 unspecified atom stereocenters. The summed E-state index contributed by atoms with van der Waals surface area (Å²) in [5.41, 5.74) is 0.852. The summed E-state index contributed by atoms with van der Waals surface area (Å²) in [6.07, 6.45) is 3.16. The molecule has 9 heteroatoms. The van der Waals surface area contributed by atoms with Crippen molar-refractivity contribution in [2.45, 2.75) is 18.6 Å². The van der Waals surface area contributed by atoms with E-state index in [2.05, 4.69) is 10.3 Å². The van der Waals surface area contributed by atoms with Crippen LogP contribution in [0.15, 0.2) is 24.4 Å². The lowest BCUT2D eigenvalue weighted by Gasteiger charge is -2.07. The van der Waals surface area contributed by atoms with E-state index in [0.717, 1.165) is 16.7 Å². The van der Waals surface area contributed by atoms with Crippen LogP contribution in [-0.2, 0) is 21.1 Å². The van der Waals surface area contributed by atoms with Crippen molar-refractivity contribution in [1.82, 2.24) is 4.98 Å². The van der Waals surface area contributed by atoms with Crippen molar-refractivity contribution in [3.8, 4) is 0 Å². The Bertz CT molecular complexity index is 834.